The predicted octanol–water partition coefficient (Wildman–Crippen LogP) is 7.15. The molecule has 0 nitrogen and oxygen atoms in total. The van der Waals surface area contributed by atoms with Crippen molar-refractivity contribution < 1.29 is 0 Å². The number of aryl methyl sites for hydroxylation is 1. The van der Waals surface area contributed by atoms with E-state index in [1.807, 2.05) is 13.8 Å². The average molecular weight is 323 g/mol. The summed E-state index contributed by atoms with van der Waals surface area (Å²) in [6.07, 6.45) is 3.81. The molecular formula is C24H34. The second kappa shape index (κ2) is 7.55. The Bertz CT molecular complexity index is 621. The van der Waals surface area contributed by atoms with Crippen LogP contribution in [0.2, 0.25) is 0 Å². The maximum absolute atomic E-state index is 2.44. The van der Waals surface area contributed by atoms with Crippen LogP contribution < -0.4 is 0 Å². The lowest BCUT2D eigenvalue weighted by Gasteiger charge is -2.48. The molecule has 1 fully saturated rings. The highest BCUT2D eigenvalue weighted by atomic mass is 14.5. The summed E-state index contributed by atoms with van der Waals surface area (Å²) < 4.78 is 0. The first-order valence-corrected chi connectivity index (χ1v) is 9.54. The monoisotopic (exact) mass is 322 g/mol. The Morgan fingerprint density at radius 3 is 1.88 bits per heavy atom. The number of benzene rings is 2. The fourth-order valence-corrected chi connectivity index (χ4v) is 4.81. The Balaban J connectivity index is 0.00000100. The first-order valence-electron chi connectivity index (χ1n) is 9.54. The lowest BCUT2D eigenvalue weighted by molar-refractivity contribution is 0.127. The van der Waals surface area contributed by atoms with Crippen LogP contribution in [0.15, 0.2) is 54.6 Å². The van der Waals surface area contributed by atoms with Crippen molar-refractivity contribution in [3.8, 4) is 0 Å². The molecule has 1 saturated carbocycles. The summed E-state index contributed by atoms with van der Waals surface area (Å²) in [5.74, 6) is 0.755. The molecule has 0 aliphatic heterocycles. The molecule has 0 spiro atoms. The Hall–Kier alpha value is -1.56. The van der Waals surface area contributed by atoms with Gasteiger partial charge in [0.1, 0.15) is 0 Å². The third-order valence-electron chi connectivity index (χ3n) is 5.31. The molecule has 0 heterocycles. The Labute approximate surface area is 149 Å². The van der Waals surface area contributed by atoms with Crippen LogP contribution in [0.25, 0.3) is 0 Å². The summed E-state index contributed by atoms with van der Waals surface area (Å²) >= 11 is 0. The fraction of sp³-hybridized carbons (Fsp3) is 0.500. The van der Waals surface area contributed by atoms with Gasteiger partial charge in [0, 0.05) is 5.41 Å². The van der Waals surface area contributed by atoms with Crippen LogP contribution in [0.3, 0.4) is 0 Å². The smallest absolute Gasteiger partial charge is 0.0210 e. The van der Waals surface area contributed by atoms with Crippen LogP contribution in [0, 0.1) is 18.3 Å². The molecule has 1 aliphatic rings. The SMILES string of the molecule is CC.Cc1ccc(C2(c3ccccc3)CC(C)CC(C)(C)C2)cc1. The van der Waals surface area contributed by atoms with Crippen molar-refractivity contribution >= 4 is 0 Å². The average Bonchev–Trinajstić information content (AvgIpc) is 2.56. The third-order valence-corrected chi connectivity index (χ3v) is 5.31. The van der Waals surface area contributed by atoms with Gasteiger partial charge in [0.2, 0.25) is 0 Å². The molecule has 1 aliphatic carbocycles. The molecule has 2 aromatic rings. The highest BCUT2D eigenvalue weighted by Crippen LogP contribution is 2.53. The highest BCUT2D eigenvalue weighted by Gasteiger charge is 2.44. The van der Waals surface area contributed by atoms with E-state index < -0.39 is 0 Å². The summed E-state index contributed by atoms with van der Waals surface area (Å²) in [5, 5.41) is 0. The first kappa shape index (κ1) is 18.8. The standard InChI is InChI=1S/C22H28.C2H6/c1-17-10-12-20(13-11-17)22(19-8-6-5-7-9-19)15-18(2)14-21(3,4)16-22;1-2/h5-13,18H,14-16H2,1-4H3;1-2H3. The highest BCUT2D eigenvalue weighted by molar-refractivity contribution is 5.41. The largest absolute Gasteiger partial charge is 0.0683 e. The van der Waals surface area contributed by atoms with E-state index in [0.717, 1.165) is 5.92 Å². The van der Waals surface area contributed by atoms with Crippen molar-refractivity contribution in [2.24, 2.45) is 11.3 Å². The van der Waals surface area contributed by atoms with Gasteiger partial charge in [-0.05, 0) is 48.6 Å². The molecule has 0 radical (unpaired) electrons. The number of hydrogen-bond donors (Lipinski definition) is 0. The van der Waals surface area contributed by atoms with E-state index in [2.05, 4.69) is 82.3 Å². The van der Waals surface area contributed by atoms with Crippen molar-refractivity contribution in [1.29, 1.82) is 0 Å². The predicted molar refractivity (Wildman–Crippen MR) is 107 cm³/mol. The molecule has 2 atom stereocenters. The van der Waals surface area contributed by atoms with Crippen LogP contribution in [0.4, 0.5) is 0 Å². The molecule has 0 heteroatoms. The van der Waals surface area contributed by atoms with E-state index in [0.29, 0.717) is 5.41 Å². The summed E-state index contributed by atoms with van der Waals surface area (Å²) in [6, 6.07) is 20.4. The zero-order chi connectivity index (χ0) is 17.8. The van der Waals surface area contributed by atoms with Crippen LogP contribution in [-0.2, 0) is 5.41 Å². The summed E-state index contributed by atoms with van der Waals surface area (Å²) in [4.78, 5) is 0. The number of hydrogen-bond acceptors (Lipinski definition) is 0. The van der Waals surface area contributed by atoms with Gasteiger partial charge in [-0.2, -0.15) is 0 Å². The fourth-order valence-electron chi connectivity index (χ4n) is 4.81. The van der Waals surface area contributed by atoms with Gasteiger partial charge >= 0.3 is 0 Å². The molecule has 2 aromatic carbocycles. The summed E-state index contributed by atoms with van der Waals surface area (Å²) in [7, 11) is 0. The first-order chi connectivity index (χ1) is 11.4. The van der Waals surface area contributed by atoms with Crippen LogP contribution >= 0.6 is 0 Å². The summed E-state index contributed by atoms with van der Waals surface area (Å²) in [5.41, 5.74) is 4.87. The van der Waals surface area contributed by atoms with Gasteiger partial charge in [-0.15, -0.1) is 0 Å². The van der Waals surface area contributed by atoms with E-state index in [9.17, 15) is 0 Å². The van der Waals surface area contributed by atoms with Crippen LogP contribution in [0.5, 0.6) is 0 Å². The maximum atomic E-state index is 2.44. The van der Waals surface area contributed by atoms with Crippen molar-refractivity contribution in [3.05, 3.63) is 71.3 Å². The van der Waals surface area contributed by atoms with E-state index in [1.165, 1.54) is 36.0 Å². The molecule has 0 saturated heterocycles. The van der Waals surface area contributed by atoms with Crippen LogP contribution in [0.1, 0.15) is 70.6 Å². The van der Waals surface area contributed by atoms with Gasteiger partial charge in [0.05, 0.1) is 0 Å². The molecular weight excluding hydrogens is 288 g/mol. The minimum atomic E-state index is 0.163. The molecule has 3 rings (SSSR count). The molecule has 24 heavy (non-hydrogen) atoms. The molecule has 0 aromatic heterocycles. The van der Waals surface area contributed by atoms with Crippen molar-refractivity contribution in [1.82, 2.24) is 0 Å². The van der Waals surface area contributed by atoms with Crippen LogP contribution in [-0.4, -0.2) is 0 Å². The van der Waals surface area contributed by atoms with Gasteiger partial charge in [0.25, 0.3) is 0 Å². The van der Waals surface area contributed by atoms with Crippen molar-refractivity contribution in [2.75, 3.05) is 0 Å². The summed E-state index contributed by atoms with van der Waals surface area (Å²) in [6.45, 7) is 13.5. The van der Waals surface area contributed by atoms with E-state index in [-0.39, 0.29) is 5.41 Å². The Morgan fingerprint density at radius 1 is 0.792 bits per heavy atom. The van der Waals surface area contributed by atoms with E-state index >= 15 is 0 Å². The quantitative estimate of drug-likeness (QED) is 0.550. The zero-order valence-electron chi connectivity index (χ0n) is 16.4. The van der Waals surface area contributed by atoms with Gasteiger partial charge in [-0.25, -0.2) is 0 Å². The second-order valence-electron chi connectivity index (χ2n) is 8.17. The van der Waals surface area contributed by atoms with Gasteiger partial charge < -0.3 is 0 Å². The van der Waals surface area contributed by atoms with Gasteiger partial charge in [0.15, 0.2) is 0 Å². The van der Waals surface area contributed by atoms with Crippen molar-refractivity contribution in [2.45, 2.75) is 66.2 Å². The molecule has 0 bridgehead atoms. The molecule has 0 amide bonds. The van der Waals surface area contributed by atoms with Gasteiger partial charge in [-0.3, -0.25) is 0 Å². The number of rotatable bonds is 2. The van der Waals surface area contributed by atoms with E-state index in [4.69, 9.17) is 0 Å². The topological polar surface area (TPSA) is 0 Å². The maximum Gasteiger partial charge on any atom is 0.0210 e. The van der Waals surface area contributed by atoms with Gasteiger partial charge in [-0.1, -0.05) is 94.8 Å². The second-order valence-corrected chi connectivity index (χ2v) is 8.17. The normalized spacial score (nSPS) is 25.5. The molecule has 0 N–H and O–H groups in total. The lowest BCUT2D eigenvalue weighted by Crippen LogP contribution is -2.41. The lowest BCUT2D eigenvalue weighted by atomic mass is 9.55. The zero-order valence-corrected chi connectivity index (χ0v) is 16.4. The third kappa shape index (κ3) is 3.91. The minimum absolute atomic E-state index is 0.163. The van der Waals surface area contributed by atoms with E-state index in [1.54, 1.807) is 0 Å². The Kier molecular flexibility index (Phi) is 5.91. The minimum Gasteiger partial charge on any atom is -0.0683 e. The van der Waals surface area contributed by atoms with Crippen molar-refractivity contribution in [3.63, 3.8) is 0 Å². The molecule has 2 unspecified atom stereocenters. The molecule has 130 valence electrons. The Morgan fingerprint density at radius 2 is 1.33 bits per heavy atom.